The summed E-state index contributed by atoms with van der Waals surface area (Å²) in [7, 11) is 0. The first kappa shape index (κ1) is 15.7. The molecule has 0 aromatic carbocycles. The SMILES string of the molecule is Cc1n[nH]c(=O)c2c(NC(=O)CN3CCCCC3C)oc(C)c12. The lowest BCUT2D eigenvalue weighted by Crippen LogP contribution is -2.42. The Kier molecular flexibility index (Phi) is 4.21. The quantitative estimate of drug-likeness (QED) is 0.902. The first-order valence-corrected chi connectivity index (χ1v) is 7.99. The third-order valence-electron chi connectivity index (χ3n) is 4.54. The number of nitrogens with one attached hydrogen (secondary N) is 2. The van der Waals surface area contributed by atoms with Crippen molar-refractivity contribution in [1.29, 1.82) is 0 Å². The van der Waals surface area contributed by atoms with Crippen LogP contribution >= 0.6 is 0 Å². The molecule has 2 aromatic heterocycles. The maximum absolute atomic E-state index is 12.3. The number of carbonyl (C=O) groups is 1. The second-order valence-corrected chi connectivity index (χ2v) is 6.24. The van der Waals surface area contributed by atoms with E-state index >= 15 is 0 Å². The Morgan fingerprint density at radius 2 is 2.17 bits per heavy atom. The molecule has 0 bridgehead atoms. The van der Waals surface area contributed by atoms with Crippen LogP contribution in [0.3, 0.4) is 0 Å². The largest absolute Gasteiger partial charge is 0.444 e. The summed E-state index contributed by atoms with van der Waals surface area (Å²) in [5, 5.41) is 10.1. The van der Waals surface area contributed by atoms with Crippen molar-refractivity contribution in [1.82, 2.24) is 15.1 Å². The topological polar surface area (TPSA) is 91.2 Å². The van der Waals surface area contributed by atoms with Crippen LogP contribution in [0.1, 0.15) is 37.6 Å². The Labute approximate surface area is 134 Å². The molecule has 1 aliphatic heterocycles. The Morgan fingerprint density at radius 3 is 2.91 bits per heavy atom. The van der Waals surface area contributed by atoms with Gasteiger partial charge in [-0.15, -0.1) is 0 Å². The minimum absolute atomic E-state index is 0.164. The summed E-state index contributed by atoms with van der Waals surface area (Å²) in [6.45, 7) is 6.93. The van der Waals surface area contributed by atoms with Gasteiger partial charge in [-0.1, -0.05) is 6.42 Å². The van der Waals surface area contributed by atoms with E-state index in [4.69, 9.17) is 4.42 Å². The van der Waals surface area contributed by atoms with Crippen LogP contribution in [0.25, 0.3) is 10.8 Å². The van der Waals surface area contributed by atoms with Crippen LogP contribution in [0.2, 0.25) is 0 Å². The van der Waals surface area contributed by atoms with Crippen LogP contribution in [-0.2, 0) is 4.79 Å². The van der Waals surface area contributed by atoms with Gasteiger partial charge in [-0.3, -0.25) is 19.8 Å². The Bertz CT molecular complexity index is 792. The van der Waals surface area contributed by atoms with Crippen molar-refractivity contribution in [2.24, 2.45) is 0 Å². The van der Waals surface area contributed by atoms with Gasteiger partial charge in [0.15, 0.2) is 0 Å². The minimum atomic E-state index is -0.357. The molecule has 1 unspecified atom stereocenters. The second-order valence-electron chi connectivity index (χ2n) is 6.24. The van der Waals surface area contributed by atoms with Gasteiger partial charge in [0.05, 0.1) is 17.6 Å². The number of fused-ring (bicyclic) bond motifs is 1. The molecule has 3 rings (SSSR count). The molecule has 1 atom stereocenters. The van der Waals surface area contributed by atoms with Gasteiger partial charge >= 0.3 is 0 Å². The third-order valence-corrected chi connectivity index (χ3v) is 4.54. The first-order valence-electron chi connectivity index (χ1n) is 7.99. The van der Waals surface area contributed by atoms with Crippen molar-refractivity contribution in [3.63, 3.8) is 0 Å². The summed E-state index contributed by atoms with van der Waals surface area (Å²) in [6.07, 6.45) is 3.44. The molecule has 0 aliphatic carbocycles. The average molecular weight is 318 g/mol. The van der Waals surface area contributed by atoms with Gasteiger partial charge in [0.25, 0.3) is 5.56 Å². The third kappa shape index (κ3) is 3.01. The van der Waals surface area contributed by atoms with Gasteiger partial charge in [0, 0.05) is 6.04 Å². The van der Waals surface area contributed by atoms with Crippen molar-refractivity contribution in [3.05, 3.63) is 21.8 Å². The van der Waals surface area contributed by atoms with Crippen LogP contribution in [-0.4, -0.2) is 40.1 Å². The number of aryl methyl sites for hydroxylation is 2. The van der Waals surface area contributed by atoms with Crippen LogP contribution in [0.4, 0.5) is 5.88 Å². The van der Waals surface area contributed by atoms with Crippen molar-refractivity contribution in [3.8, 4) is 0 Å². The molecule has 1 aliphatic rings. The molecule has 0 saturated carbocycles. The second kappa shape index (κ2) is 6.16. The van der Waals surface area contributed by atoms with Gasteiger partial charge in [0.2, 0.25) is 11.8 Å². The summed E-state index contributed by atoms with van der Waals surface area (Å²) >= 11 is 0. The molecular weight excluding hydrogens is 296 g/mol. The molecular formula is C16H22N4O3. The zero-order chi connectivity index (χ0) is 16.6. The van der Waals surface area contributed by atoms with Crippen molar-refractivity contribution in [2.45, 2.75) is 46.1 Å². The maximum Gasteiger partial charge on any atom is 0.277 e. The molecule has 1 amide bonds. The van der Waals surface area contributed by atoms with Gasteiger partial charge in [-0.2, -0.15) is 5.10 Å². The fraction of sp³-hybridized carbons (Fsp3) is 0.562. The Balaban J connectivity index is 1.83. The smallest absolute Gasteiger partial charge is 0.277 e. The number of furan rings is 1. The number of aromatic amines is 1. The number of hydrogen-bond acceptors (Lipinski definition) is 5. The standard InChI is InChI=1S/C16H22N4O3/c1-9-6-4-5-7-20(9)8-12(21)17-16-14-13(11(3)23-16)10(2)18-19-15(14)22/h9H,4-8H2,1-3H3,(H,17,21)(H,19,22). The lowest BCUT2D eigenvalue weighted by atomic mass is 10.0. The van der Waals surface area contributed by atoms with Crippen LogP contribution in [0.15, 0.2) is 9.21 Å². The predicted octanol–water partition coefficient (Wildman–Crippen LogP) is 1.95. The minimum Gasteiger partial charge on any atom is -0.444 e. The number of hydrogen-bond donors (Lipinski definition) is 2. The molecule has 1 fully saturated rings. The highest BCUT2D eigenvalue weighted by Gasteiger charge is 2.23. The molecule has 7 nitrogen and oxygen atoms in total. The van der Waals surface area contributed by atoms with E-state index < -0.39 is 0 Å². The molecule has 0 radical (unpaired) electrons. The zero-order valence-corrected chi connectivity index (χ0v) is 13.7. The number of H-pyrrole nitrogens is 1. The number of nitrogens with zero attached hydrogens (tertiary/aromatic N) is 2. The fourth-order valence-corrected chi connectivity index (χ4v) is 3.27. The Morgan fingerprint density at radius 1 is 1.39 bits per heavy atom. The summed E-state index contributed by atoms with van der Waals surface area (Å²) < 4.78 is 5.60. The van der Waals surface area contributed by atoms with E-state index in [9.17, 15) is 9.59 Å². The van der Waals surface area contributed by atoms with Gasteiger partial charge in [-0.05, 0) is 40.2 Å². The van der Waals surface area contributed by atoms with E-state index in [1.165, 1.54) is 6.42 Å². The van der Waals surface area contributed by atoms with E-state index in [1.54, 1.807) is 13.8 Å². The van der Waals surface area contributed by atoms with Crippen molar-refractivity contribution < 1.29 is 9.21 Å². The van der Waals surface area contributed by atoms with E-state index in [1.807, 2.05) is 0 Å². The summed E-state index contributed by atoms with van der Waals surface area (Å²) in [5.41, 5.74) is 0.315. The molecule has 3 heterocycles. The van der Waals surface area contributed by atoms with Crippen LogP contribution < -0.4 is 10.9 Å². The first-order chi connectivity index (χ1) is 11.0. The average Bonchev–Trinajstić information content (AvgIpc) is 2.83. The molecule has 2 N–H and O–H groups in total. The zero-order valence-electron chi connectivity index (χ0n) is 13.7. The van der Waals surface area contributed by atoms with Crippen LogP contribution in [0.5, 0.6) is 0 Å². The summed E-state index contributed by atoms with van der Waals surface area (Å²) in [6, 6.07) is 0.402. The Hall–Kier alpha value is -2.15. The highest BCUT2D eigenvalue weighted by atomic mass is 16.4. The number of amides is 1. The summed E-state index contributed by atoms with van der Waals surface area (Å²) in [5.74, 6) is 0.625. The number of piperidine rings is 1. The monoisotopic (exact) mass is 318 g/mol. The van der Waals surface area contributed by atoms with E-state index in [-0.39, 0.29) is 17.4 Å². The van der Waals surface area contributed by atoms with Crippen LogP contribution in [0, 0.1) is 13.8 Å². The number of anilines is 1. The lowest BCUT2D eigenvalue weighted by Gasteiger charge is -2.32. The highest BCUT2D eigenvalue weighted by Crippen LogP contribution is 2.28. The molecule has 23 heavy (non-hydrogen) atoms. The lowest BCUT2D eigenvalue weighted by molar-refractivity contribution is -0.118. The van der Waals surface area contributed by atoms with Gasteiger partial charge < -0.3 is 4.42 Å². The summed E-state index contributed by atoms with van der Waals surface area (Å²) in [4.78, 5) is 26.5. The fourth-order valence-electron chi connectivity index (χ4n) is 3.27. The molecule has 124 valence electrons. The molecule has 2 aromatic rings. The van der Waals surface area contributed by atoms with E-state index in [2.05, 4.69) is 27.3 Å². The highest BCUT2D eigenvalue weighted by molar-refractivity contribution is 6.01. The maximum atomic E-state index is 12.3. The normalized spacial score (nSPS) is 19.2. The number of likely N-dealkylation sites (tertiary alicyclic amines) is 1. The predicted molar refractivity (Wildman–Crippen MR) is 87.6 cm³/mol. The van der Waals surface area contributed by atoms with Crippen molar-refractivity contribution in [2.75, 3.05) is 18.4 Å². The number of rotatable bonds is 3. The molecule has 1 saturated heterocycles. The van der Waals surface area contributed by atoms with E-state index in [0.717, 1.165) is 19.4 Å². The molecule has 0 spiro atoms. The van der Waals surface area contributed by atoms with E-state index in [0.29, 0.717) is 34.8 Å². The number of aromatic nitrogens is 2. The molecule has 7 heteroatoms. The van der Waals surface area contributed by atoms with Gasteiger partial charge in [0.1, 0.15) is 11.1 Å². The van der Waals surface area contributed by atoms with Gasteiger partial charge in [-0.25, -0.2) is 5.10 Å². The number of carbonyl (C=O) groups excluding carboxylic acids is 1. The van der Waals surface area contributed by atoms with Crippen molar-refractivity contribution >= 4 is 22.6 Å².